The van der Waals surface area contributed by atoms with Crippen LogP contribution in [0.25, 0.3) is 10.9 Å². The van der Waals surface area contributed by atoms with Crippen LogP contribution in [0.1, 0.15) is 19.4 Å². The van der Waals surface area contributed by atoms with Gasteiger partial charge in [-0.25, -0.2) is 12.8 Å². The van der Waals surface area contributed by atoms with Crippen LogP contribution in [-0.2, 0) is 16.4 Å². The number of halogens is 1. The average molecular weight is 458 g/mol. The lowest BCUT2D eigenvalue weighted by molar-refractivity contribution is 0.270. The predicted molar refractivity (Wildman–Crippen MR) is 125 cm³/mol. The summed E-state index contributed by atoms with van der Waals surface area (Å²) < 4.78 is 43.3. The highest BCUT2D eigenvalue weighted by Crippen LogP contribution is 2.28. The smallest absolute Gasteiger partial charge is 0.211 e. The molecule has 8 heteroatoms. The quantitative estimate of drug-likeness (QED) is 0.587. The number of hydrogen-bond donors (Lipinski definition) is 0. The largest absolute Gasteiger partial charge is 0.367 e. The highest BCUT2D eigenvalue weighted by molar-refractivity contribution is 7.91. The summed E-state index contributed by atoms with van der Waals surface area (Å²) in [7, 11) is -4.03. The van der Waals surface area contributed by atoms with Crippen molar-refractivity contribution < 1.29 is 12.8 Å². The molecule has 1 aromatic heterocycles. The minimum absolute atomic E-state index is 0.0492. The van der Waals surface area contributed by atoms with Crippen molar-refractivity contribution in [2.45, 2.75) is 37.1 Å². The molecule has 170 valence electrons. The van der Waals surface area contributed by atoms with Gasteiger partial charge in [0.1, 0.15) is 10.7 Å². The zero-order valence-corrected chi connectivity index (χ0v) is 19.5. The fraction of sp³-hybridized carbons (Fsp3) is 0.375. The minimum Gasteiger partial charge on any atom is -0.367 e. The highest BCUT2D eigenvalue weighted by atomic mass is 32.2. The van der Waals surface area contributed by atoms with Crippen molar-refractivity contribution in [1.82, 2.24) is 9.47 Å². The maximum absolute atomic E-state index is 15.1. The molecule has 0 radical (unpaired) electrons. The van der Waals surface area contributed by atoms with Crippen molar-refractivity contribution in [3.63, 3.8) is 0 Å². The number of piperazine rings is 1. The summed E-state index contributed by atoms with van der Waals surface area (Å²) in [5.41, 5.74) is 1.23. The Morgan fingerprint density at radius 2 is 1.62 bits per heavy atom. The van der Waals surface area contributed by atoms with Crippen LogP contribution in [0.15, 0.2) is 57.2 Å². The molecule has 1 saturated heterocycles. The molecule has 0 atom stereocenters. The Kier molecular flexibility index (Phi) is 6.09. The molecule has 2 aromatic carbocycles. The van der Waals surface area contributed by atoms with Gasteiger partial charge in [0, 0.05) is 38.9 Å². The van der Waals surface area contributed by atoms with E-state index in [-0.39, 0.29) is 15.2 Å². The number of anilines is 1. The van der Waals surface area contributed by atoms with Crippen molar-refractivity contribution >= 4 is 26.4 Å². The second-order valence-electron chi connectivity index (χ2n) is 8.17. The van der Waals surface area contributed by atoms with Gasteiger partial charge in [-0.15, -0.1) is 0 Å². The van der Waals surface area contributed by atoms with Crippen LogP contribution in [0.4, 0.5) is 10.1 Å². The summed E-state index contributed by atoms with van der Waals surface area (Å²) >= 11 is 0. The Labute approximate surface area is 187 Å². The predicted octanol–water partition coefficient (Wildman–Crippen LogP) is 3.44. The fourth-order valence-electron chi connectivity index (χ4n) is 4.22. The van der Waals surface area contributed by atoms with E-state index in [1.165, 1.54) is 24.4 Å². The number of sulfone groups is 1. The molecule has 1 aliphatic heterocycles. The van der Waals surface area contributed by atoms with Crippen LogP contribution in [0.3, 0.4) is 0 Å². The van der Waals surface area contributed by atoms with Crippen LogP contribution in [0.5, 0.6) is 0 Å². The molecule has 0 spiro atoms. The van der Waals surface area contributed by atoms with Crippen molar-refractivity contribution in [1.29, 1.82) is 0 Å². The first-order valence-corrected chi connectivity index (χ1v) is 12.4. The molecular weight excluding hydrogens is 429 g/mol. The van der Waals surface area contributed by atoms with E-state index in [1.807, 2.05) is 18.7 Å². The number of nitrogens with zero attached hydrogens (tertiary/aromatic N) is 3. The Bertz CT molecular complexity index is 1310. The van der Waals surface area contributed by atoms with Gasteiger partial charge in [0.25, 0.3) is 0 Å². The highest BCUT2D eigenvalue weighted by Gasteiger charge is 2.26. The van der Waals surface area contributed by atoms with E-state index in [4.69, 9.17) is 0 Å². The van der Waals surface area contributed by atoms with Gasteiger partial charge in [0.2, 0.25) is 15.3 Å². The first-order valence-electron chi connectivity index (χ1n) is 10.9. The van der Waals surface area contributed by atoms with Crippen LogP contribution in [0, 0.1) is 12.7 Å². The first-order chi connectivity index (χ1) is 15.3. The second-order valence-corrected chi connectivity index (χ2v) is 10.1. The summed E-state index contributed by atoms with van der Waals surface area (Å²) in [5.74, 6) is -0.507. The van der Waals surface area contributed by atoms with Crippen LogP contribution in [-0.4, -0.2) is 50.6 Å². The zero-order valence-electron chi connectivity index (χ0n) is 18.6. The Morgan fingerprint density at radius 1 is 0.969 bits per heavy atom. The van der Waals surface area contributed by atoms with Gasteiger partial charge >= 0.3 is 0 Å². The van der Waals surface area contributed by atoms with Gasteiger partial charge in [-0.3, -0.25) is 4.79 Å². The van der Waals surface area contributed by atoms with Gasteiger partial charge in [-0.1, -0.05) is 24.6 Å². The summed E-state index contributed by atoms with van der Waals surface area (Å²) in [6.07, 6.45) is 1.39. The monoisotopic (exact) mass is 457 g/mol. The van der Waals surface area contributed by atoms with E-state index in [2.05, 4.69) is 11.8 Å². The van der Waals surface area contributed by atoms with Crippen molar-refractivity contribution in [2.24, 2.45) is 0 Å². The molecule has 32 heavy (non-hydrogen) atoms. The standard InChI is InChI=1S/C24H28FN3O3S/c1-4-26-10-12-28(13-11-26)22-15-21-19(14-20(22)25)24(29)23(16-27(21)5-2)32(30,31)18-8-6-17(3)7-9-18/h6-9,14-16H,4-5,10-13H2,1-3H3. The van der Waals surface area contributed by atoms with Gasteiger partial charge < -0.3 is 14.4 Å². The van der Waals surface area contributed by atoms with E-state index in [0.29, 0.717) is 30.8 Å². The molecule has 0 bridgehead atoms. The van der Waals surface area contributed by atoms with Crippen LogP contribution >= 0.6 is 0 Å². The molecule has 0 unspecified atom stereocenters. The fourth-order valence-corrected chi connectivity index (χ4v) is 5.59. The van der Waals surface area contributed by atoms with Crippen molar-refractivity contribution in [2.75, 3.05) is 37.6 Å². The third-order valence-electron chi connectivity index (χ3n) is 6.24. The second kappa shape index (κ2) is 8.67. The number of rotatable bonds is 5. The summed E-state index contributed by atoms with van der Waals surface area (Å²) in [6.45, 7) is 10.3. The molecule has 4 rings (SSSR count). The molecule has 2 heterocycles. The average Bonchev–Trinajstić information content (AvgIpc) is 2.79. The molecule has 6 nitrogen and oxygen atoms in total. The maximum Gasteiger partial charge on any atom is 0.211 e. The van der Waals surface area contributed by atoms with Crippen LogP contribution in [0.2, 0.25) is 0 Å². The number of hydrogen-bond acceptors (Lipinski definition) is 5. The number of benzene rings is 2. The molecule has 1 fully saturated rings. The Morgan fingerprint density at radius 3 is 2.22 bits per heavy atom. The van der Waals surface area contributed by atoms with E-state index >= 15 is 4.39 Å². The molecule has 0 amide bonds. The third-order valence-corrected chi connectivity index (χ3v) is 8.00. The first kappa shape index (κ1) is 22.5. The Balaban J connectivity index is 1.85. The summed E-state index contributed by atoms with van der Waals surface area (Å²) in [6, 6.07) is 9.24. The number of aryl methyl sites for hydroxylation is 2. The van der Waals surface area contributed by atoms with Gasteiger partial charge in [0.05, 0.1) is 21.5 Å². The van der Waals surface area contributed by atoms with Crippen molar-refractivity contribution in [3.05, 3.63) is 64.2 Å². The molecule has 0 aliphatic carbocycles. The molecule has 0 N–H and O–H groups in total. The number of likely N-dealkylation sites (N-methyl/N-ethyl adjacent to an activating group) is 1. The topological polar surface area (TPSA) is 62.6 Å². The molecule has 3 aromatic rings. The van der Waals surface area contributed by atoms with Crippen molar-refractivity contribution in [3.8, 4) is 0 Å². The van der Waals surface area contributed by atoms with Gasteiger partial charge in [-0.05, 0) is 44.7 Å². The lowest BCUT2D eigenvalue weighted by Crippen LogP contribution is -2.46. The lowest BCUT2D eigenvalue weighted by atomic mass is 10.1. The normalized spacial score (nSPS) is 15.4. The number of pyridine rings is 1. The van der Waals surface area contributed by atoms with Gasteiger partial charge in [-0.2, -0.15) is 0 Å². The molecule has 1 aliphatic rings. The SMILES string of the molecule is CCN1CCN(c2cc3c(cc2F)c(=O)c(S(=O)(=O)c2ccc(C)cc2)cn3CC)CC1. The van der Waals surface area contributed by atoms with E-state index < -0.39 is 21.1 Å². The Hall–Kier alpha value is -2.71. The lowest BCUT2D eigenvalue weighted by Gasteiger charge is -2.35. The minimum atomic E-state index is -4.03. The zero-order chi connectivity index (χ0) is 23.0. The van der Waals surface area contributed by atoms with E-state index in [1.54, 1.807) is 22.8 Å². The molecule has 0 saturated carbocycles. The number of aromatic nitrogens is 1. The summed E-state index contributed by atoms with van der Waals surface area (Å²) in [5, 5.41) is 0.0773. The van der Waals surface area contributed by atoms with Gasteiger partial charge in [0.15, 0.2) is 0 Å². The third kappa shape index (κ3) is 3.93. The summed E-state index contributed by atoms with van der Waals surface area (Å²) in [4.78, 5) is 17.2. The maximum atomic E-state index is 15.1. The van der Waals surface area contributed by atoms with E-state index in [0.717, 1.165) is 25.2 Å². The number of fused-ring (bicyclic) bond motifs is 1. The van der Waals surface area contributed by atoms with Crippen LogP contribution < -0.4 is 10.3 Å². The molecular formula is C24H28FN3O3S. The van der Waals surface area contributed by atoms with E-state index in [9.17, 15) is 13.2 Å².